The number of nitrogens with one attached hydrogen (secondary N) is 1. The first-order valence-corrected chi connectivity index (χ1v) is 8.46. The summed E-state index contributed by atoms with van der Waals surface area (Å²) in [6.45, 7) is 5.12. The van der Waals surface area contributed by atoms with Gasteiger partial charge in [0.1, 0.15) is 5.82 Å². The first kappa shape index (κ1) is 18.4. The highest BCUT2D eigenvalue weighted by Crippen LogP contribution is 2.15. The molecule has 2 amide bonds. The van der Waals surface area contributed by atoms with Gasteiger partial charge in [-0.05, 0) is 31.0 Å². The summed E-state index contributed by atoms with van der Waals surface area (Å²) in [5.74, 6) is -0.132. The lowest BCUT2D eigenvalue weighted by molar-refractivity contribution is -0.136. The van der Waals surface area contributed by atoms with E-state index in [1.807, 2.05) is 11.8 Å². The third-order valence-corrected chi connectivity index (χ3v) is 4.42. The smallest absolute Gasteiger partial charge is 0.222 e. The van der Waals surface area contributed by atoms with Crippen molar-refractivity contribution in [3.05, 3.63) is 35.6 Å². The van der Waals surface area contributed by atoms with Crippen LogP contribution in [0.2, 0.25) is 0 Å². The minimum atomic E-state index is -0.223. The highest BCUT2D eigenvalue weighted by atomic mass is 19.1. The number of nitrogens with zero attached hydrogens (tertiary/aromatic N) is 2. The van der Waals surface area contributed by atoms with E-state index in [1.54, 1.807) is 19.2 Å². The molecule has 0 spiro atoms. The fourth-order valence-electron chi connectivity index (χ4n) is 3.06. The van der Waals surface area contributed by atoms with Crippen molar-refractivity contribution in [3.8, 4) is 0 Å². The van der Waals surface area contributed by atoms with Crippen LogP contribution < -0.4 is 5.32 Å². The highest BCUT2D eigenvalue weighted by Gasteiger charge is 2.27. The zero-order valence-electron chi connectivity index (χ0n) is 14.4. The predicted octanol–water partition coefficient (Wildman–Crippen LogP) is 1.77. The maximum absolute atomic E-state index is 13.0. The molecule has 0 unspecified atom stereocenters. The van der Waals surface area contributed by atoms with E-state index in [4.69, 9.17) is 0 Å². The number of rotatable bonds is 6. The third kappa shape index (κ3) is 5.30. The Morgan fingerprint density at radius 3 is 2.54 bits per heavy atom. The van der Waals surface area contributed by atoms with Crippen LogP contribution in [0, 0.1) is 5.82 Å². The van der Waals surface area contributed by atoms with Crippen molar-refractivity contribution in [2.75, 3.05) is 26.7 Å². The Hall–Kier alpha value is -1.95. The van der Waals surface area contributed by atoms with Gasteiger partial charge >= 0.3 is 0 Å². The van der Waals surface area contributed by atoms with Gasteiger partial charge in [0.25, 0.3) is 0 Å². The average Bonchev–Trinajstić information content (AvgIpc) is 2.56. The molecule has 0 aromatic heterocycles. The Bertz CT molecular complexity index is 562. The molecule has 5 nitrogen and oxygen atoms in total. The van der Waals surface area contributed by atoms with Crippen molar-refractivity contribution >= 4 is 11.8 Å². The molecule has 1 aliphatic rings. The van der Waals surface area contributed by atoms with E-state index in [-0.39, 0.29) is 23.7 Å². The molecule has 0 bridgehead atoms. The number of benzene rings is 1. The number of carbonyl (C=O) groups excluding carboxylic acids is 2. The van der Waals surface area contributed by atoms with E-state index in [0.29, 0.717) is 25.8 Å². The predicted molar refractivity (Wildman–Crippen MR) is 90.8 cm³/mol. The number of amides is 2. The summed E-state index contributed by atoms with van der Waals surface area (Å²) in [5, 5.41) is 2.57. The zero-order chi connectivity index (χ0) is 17.5. The number of hydrogen-bond donors (Lipinski definition) is 1. The van der Waals surface area contributed by atoms with Gasteiger partial charge in [-0.3, -0.25) is 14.5 Å². The first-order valence-electron chi connectivity index (χ1n) is 8.46. The van der Waals surface area contributed by atoms with Crippen molar-refractivity contribution < 1.29 is 14.0 Å². The molecule has 1 fully saturated rings. The van der Waals surface area contributed by atoms with Crippen LogP contribution in [0.5, 0.6) is 0 Å². The summed E-state index contributed by atoms with van der Waals surface area (Å²) in [6.07, 6.45) is 1.39. The standard InChI is InChI=1S/C18H26FN3O2/c1-14-12-21(13-15-6-8-16(19)9-7-15)10-11-22(14)18(24)5-3-4-17(23)20-2/h6-9,14H,3-5,10-13H2,1-2H3,(H,20,23)/t14-/m0/s1. The highest BCUT2D eigenvalue weighted by molar-refractivity contribution is 5.79. The lowest BCUT2D eigenvalue weighted by atomic mass is 10.1. The minimum absolute atomic E-state index is 0.0278. The molecule has 0 saturated carbocycles. The minimum Gasteiger partial charge on any atom is -0.359 e. The van der Waals surface area contributed by atoms with Crippen LogP contribution >= 0.6 is 0 Å². The second-order valence-electron chi connectivity index (χ2n) is 6.32. The molecule has 2 rings (SSSR count). The zero-order valence-corrected chi connectivity index (χ0v) is 14.4. The van der Waals surface area contributed by atoms with E-state index < -0.39 is 0 Å². The second-order valence-corrected chi connectivity index (χ2v) is 6.32. The van der Waals surface area contributed by atoms with Crippen LogP contribution in [-0.2, 0) is 16.1 Å². The van der Waals surface area contributed by atoms with Gasteiger partial charge in [-0.1, -0.05) is 12.1 Å². The molecule has 1 aromatic rings. The summed E-state index contributed by atoms with van der Waals surface area (Å²) in [4.78, 5) is 27.7. The molecule has 24 heavy (non-hydrogen) atoms. The van der Waals surface area contributed by atoms with Crippen LogP contribution in [0.1, 0.15) is 31.7 Å². The Kier molecular flexibility index (Phi) is 6.73. The lowest BCUT2D eigenvalue weighted by Crippen LogP contribution is -2.53. The molecule has 1 N–H and O–H groups in total. The molecule has 0 radical (unpaired) electrons. The quantitative estimate of drug-likeness (QED) is 0.862. The van der Waals surface area contributed by atoms with Crippen LogP contribution in [0.15, 0.2) is 24.3 Å². The first-order chi connectivity index (χ1) is 11.5. The maximum Gasteiger partial charge on any atom is 0.222 e. The fraction of sp³-hybridized carbons (Fsp3) is 0.556. The third-order valence-electron chi connectivity index (χ3n) is 4.42. The van der Waals surface area contributed by atoms with E-state index in [9.17, 15) is 14.0 Å². The summed E-state index contributed by atoms with van der Waals surface area (Å²) < 4.78 is 13.0. The topological polar surface area (TPSA) is 52.7 Å². The van der Waals surface area contributed by atoms with Gasteiger partial charge in [0.15, 0.2) is 0 Å². The molecular weight excluding hydrogens is 309 g/mol. The fourth-order valence-corrected chi connectivity index (χ4v) is 3.06. The molecule has 1 saturated heterocycles. The summed E-state index contributed by atoms with van der Waals surface area (Å²) in [6, 6.07) is 6.70. The van der Waals surface area contributed by atoms with Gasteiger partial charge in [0.2, 0.25) is 11.8 Å². The number of hydrogen-bond acceptors (Lipinski definition) is 3. The van der Waals surface area contributed by atoms with Crippen LogP contribution in [-0.4, -0.2) is 54.3 Å². The Morgan fingerprint density at radius 2 is 1.92 bits per heavy atom. The van der Waals surface area contributed by atoms with Crippen molar-refractivity contribution in [2.24, 2.45) is 0 Å². The monoisotopic (exact) mass is 335 g/mol. The molecule has 0 aliphatic carbocycles. The van der Waals surface area contributed by atoms with E-state index in [0.717, 1.165) is 25.2 Å². The van der Waals surface area contributed by atoms with E-state index in [1.165, 1.54) is 12.1 Å². The molecule has 132 valence electrons. The number of piperazine rings is 1. The van der Waals surface area contributed by atoms with Gasteiger partial charge < -0.3 is 10.2 Å². The van der Waals surface area contributed by atoms with Crippen molar-refractivity contribution in [1.82, 2.24) is 15.1 Å². The van der Waals surface area contributed by atoms with Crippen molar-refractivity contribution in [3.63, 3.8) is 0 Å². The van der Waals surface area contributed by atoms with Crippen LogP contribution in [0.4, 0.5) is 4.39 Å². The van der Waals surface area contributed by atoms with Gasteiger partial charge in [0, 0.05) is 52.1 Å². The van der Waals surface area contributed by atoms with Gasteiger partial charge in [-0.25, -0.2) is 4.39 Å². The van der Waals surface area contributed by atoms with Crippen LogP contribution in [0.3, 0.4) is 0 Å². The normalized spacial score (nSPS) is 18.5. The molecule has 1 atom stereocenters. The van der Waals surface area contributed by atoms with Gasteiger partial charge in [-0.2, -0.15) is 0 Å². The molecule has 6 heteroatoms. The Labute approximate surface area is 142 Å². The summed E-state index contributed by atoms with van der Waals surface area (Å²) in [7, 11) is 1.60. The second kappa shape index (κ2) is 8.78. The van der Waals surface area contributed by atoms with Crippen LogP contribution in [0.25, 0.3) is 0 Å². The largest absolute Gasteiger partial charge is 0.359 e. The maximum atomic E-state index is 13.0. The molecular formula is C18H26FN3O2. The molecule has 1 aromatic carbocycles. The number of carbonyl (C=O) groups is 2. The lowest BCUT2D eigenvalue weighted by Gasteiger charge is -2.40. The molecule has 1 heterocycles. The summed E-state index contributed by atoms with van der Waals surface area (Å²) in [5.41, 5.74) is 1.08. The molecule has 1 aliphatic heterocycles. The Balaban J connectivity index is 1.78. The van der Waals surface area contributed by atoms with Crippen molar-refractivity contribution in [2.45, 2.75) is 38.8 Å². The van der Waals surface area contributed by atoms with Gasteiger partial charge in [-0.15, -0.1) is 0 Å². The van der Waals surface area contributed by atoms with E-state index in [2.05, 4.69) is 10.2 Å². The SMILES string of the molecule is CNC(=O)CCCC(=O)N1CCN(Cc2ccc(F)cc2)C[C@@H]1C. The number of halogens is 1. The Morgan fingerprint density at radius 1 is 1.21 bits per heavy atom. The van der Waals surface area contributed by atoms with E-state index >= 15 is 0 Å². The summed E-state index contributed by atoms with van der Waals surface area (Å²) >= 11 is 0. The average molecular weight is 335 g/mol. The van der Waals surface area contributed by atoms with Crippen molar-refractivity contribution in [1.29, 1.82) is 0 Å². The van der Waals surface area contributed by atoms with Gasteiger partial charge in [0.05, 0.1) is 0 Å².